The number of halogens is 1. The van der Waals surface area contributed by atoms with Crippen molar-refractivity contribution in [3.8, 4) is 5.75 Å². The molecule has 1 amide bonds. The Balaban J connectivity index is 0.00000280. The van der Waals surface area contributed by atoms with E-state index in [9.17, 15) is 19.1 Å². The summed E-state index contributed by atoms with van der Waals surface area (Å²) in [6.45, 7) is -0.325. The van der Waals surface area contributed by atoms with Crippen LogP contribution in [0.5, 0.6) is 5.75 Å². The Morgan fingerprint density at radius 3 is 2.57 bits per heavy atom. The molecule has 0 spiro atoms. The van der Waals surface area contributed by atoms with Crippen LogP contribution in [0.4, 0.5) is 4.39 Å². The topological polar surface area (TPSA) is 104 Å². The van der Waals surface area contributed by atoms with Crippen molar-refractivity contribution >= 4 is 68.3 Å². The van der Waals surface area contributed by atoms with E-state index in [1.807, 2.05) is 0 Å². The van der Waals surface area contributed by atoms with Crippen LogP contribution >= 0.6 is 0 Å². The number of fused-ring (bicyclic) bond motifs is 1. The third-order valence-electron chi connectivity index (χ3n) is 4.21. The fourth-order valence-corrected chi connectivity index (χ4v) is 2.83. The first kappa shape index (κ1) is 22.7. The van der Waals surface area contributed by atoms with Gasteiger partial charge in [0.05, 0.1) is 12.1 Å². The van der Waals surface area contributed by atoms with E-state index < -0.39 is 22.8 Å². The fourth-order valence-electron chi connectivity index (χ4n) is 2.83. The number of aliphatic hydroxyl groups is 1. The van der Waals surface area contributed by atoms with Gasteiger partial charge in [-0.15, -0.1) is 0 Å². The zero-order valence-electron chi connectivity index (χ0n) is 15.6. The van der Waals surface area contributed by atoms with Crippen molar-refractivity contribution < 1.29 is 19.4 Å². The molecule has 2 aromatic heterocycles. The number of aryl methyl sites for hydroxylation is 1. The number of aliphatic hydroxyl groups excluding tert-OH is 1. The molecule has 3 N–H and O–H groups in total. The largest absolute Gasteiger partial charge is 0.505 e. The van der Waals surface area contributed by atoms with E-state index in [0.29, 0.717) is 11.9 Å². The van der Waals surface area contributed by atoms with E-state index in [1.54, 1.807) is 18.2 Å². The SMILES string of the molecule is Cn1c(=O)c(C(=O)NCCO)c(O)c2ncc(Cc3ccc(F)cc3)cc21.[K]. The normalized spacial score (nSPS) is 10.5. The van der Waals surface area contributed by atoms with E-state index in [1.165, 1.54) is 29.9 Å². The summed E-state index contributed by atoms with van der Waals surface area (Å²) in [6, 6.07) is 7.74. The van der Waals surface area contributed by atoms with Crippen molar-refractivity contribution in [2.45, 2.75) is 6.42 Å². The van der Waals surface area contributed by atoms with Crippen molar-refractivity contribution in [2.75, 3.05) is 13.2 Å². The Bertz CT molecular complexity index is 1070. The van der Waals surface area contributed by atoms with Gasteiger partial charge in [-0.1, -0.05) is 12.1 Å². The number of aromatic hydroxyl groups is 1. The second kappa shape index (κ2) is 9.73. The van der Waals surface area contributed by atoms with Gasteiger partial charge in [-0.05, 0) is 35.7 Å². The molecule has 1 radical (unpaired) electrons. The van der Waals surface area contributed by atoms with Crippen LogP contribution in [0.25, 0.3) is 11.0 Å². The summed E-state index contributed by atoms with van der Waals surface area (Å²) in [4.78, 5) is 28.9. The average molecular weight is 410 g/mol. The summed E-state index contributed by atoms with van der Waals surface area (Å²) >= 11 is 0. The number of pyridine rings is 2. The standard InChI is InChI=1S/C19H18FN3O4.K/c1-23-14-9-12(8-11-2-4-13(20)5-3-11)10-22-16(14)17(25)15(19(23)27)18(26)21-6-7-24;/h2-5,9-10,24-25H,6-8H2,1H3,(H,21,26);. The molecule has 28 heavy (non-hydrogen) atoms. The molecule has 9 heteroatoms. The quantitative estimate of drug-likeness (QED) is 0.538. The Labute approximate surface area is 202 Å². The molecular formula is C19H18FKN3O4. The van der Waals surface area contributed by atoms with Gasteiger partial charge in [0, 0.05) is 71.2 Å². The van der Waals surface area contributed by atoms with Crippen LogP contribution in [-0.2, 0) is 13.5 Å². The van der Waals surface area contributed by atoms with Crippen LogP contribution in [0, 0.1) is 5.82 Å². The van der Waals surface area contributed by atoms with E-state index in [4.69, 9.17) is 5.11 Å². The predicted molar refractivity (Wildman–Crippen MR) is 103 cm³/mol. The molecule has 2 heterocycles. The molecule has 0 saturated heterocycles. The number of aromatic nitrogens is 2. The molecule has 0 aliphatic heterocycles. The van der Waals surface area contributed by atoms with E-state index >= 15 is 0 Å². The fraction of sp³-hybridized carbons (Fsp3) is 0.211. The number of hydrogen-bond donors (Lipinski definition) is 3. The Morgan fingerprint density at radius 1 is 1.25 bits per heavy atom. The molecule has 0 aliphatic rings. The minimum Gasteiger partial charge on any atom is -0.505 e. The maximum Gasteiger partial charge on any atom is 0.267 e. The molecule has 0 fully saturated rings. The first-order valence-corrected chi connectivity index (χ1v) is 8.26. The molecule has 3 rings (SSSR count). The molecule has 7 nitrogen and oxygen atoms in total. The number of rotatable bonds is 5. The van der Waals surface area contributed by atoms with Crippen molar-refractivity contribution in [1.29, 1.82) is 0 Å². The second-order valence-electron chi connectivity index (χ2n) is 6.08. The number of nitrogens with zero attached hydrogens (tertiary/aromatic N) is 2. The van der Waals surface area contributed by atoms with Gasteiger partial charge in [-0.3, -0.25) is 14.6 Å². The molecule has 0 saturated carbocycles. The molecule has 0 atom stereocenters. The maximum absolute atomic E-state index is 13.0. The number of hydrogen-bond acceptors (Lipinski definition) is 5. The Kier molecular flexibility index (Phi) is 7.87. The minimum absolute atomic E-state index is 0. The van der Waals surface area contributed by atoms with Crippen molar-refractivity contribution in [2.24, 2.45) is 7.05 Å². The molecule has 1 aromatic carbocycles. The average Bonchev–Trinajstić information content (AvgIpc) is 2.66. The molecule has 0 unspecified atom stereocenters. The van der Waals surface area contributed by atoms with Crippen LogP contribution in [0.3, 0.4) is 0 Å². The van der Waals surface area contributed by atoms with E-state index in [0.717, 1.165) is 11.1 Å². The van der Waals surface area contributed by atoms with E-state index in [-0.39, 0.29) is 75.9 Å². The van der Waals surface area contributed by atoms with Gasteiger partial charge in [0.2, 0.25) is 0 Å². The van der Waals surface area contributed by atoms with Crippen molar-refractivity contribution in [3.63, 3.8) is 0 Å². The third-order valence-corrected chi connectivity index (χ3v) is 4.21. The van der Waals surface area contributed by atoms with Crippen molar-refractivity contribution in [3.05, 3.63) is 69.4 Å². The summed E-state index contributed by atoms with van der Waals surface area (Å²) in [5, 5.41) is 21.5. The summed E-state index contributed by atoms with van der Waals surface area (Å²) in [6.07, 6.45) is 2.00. The predicted octanol–water partition coefficient (Wildman–Crippen LogP) is 0.710. The number of carbonyl (C=O) groups excluding carboxylic acids is 1. The molecule has 0 aliphatic carbocycles. The van der Waals surface area contributed by atoms with Crippen LogP contribution < -0.4 is 10.9 Å². The zero-order valence-corrected chi connectivity index (χ0v) is 18.7. The summed E-state index contributed by atoms with van der Waals surface area (Å²) in [5.41, 5.74) is 1.03. The number of nitrogens with one attached hydrogen (secondary N) is 1. The first-order valence-electron chi connectivity index (χ1n) is 8.26. The van der Waals surface area contributed by atoms with Crippen LogP contribution in [0.2, 0.25) is 0 Å². The molecule has 3 aromatic rings. The van der Waals surface area contributed by atoms with Gasteiger partial charge in [0.25, 0.3) is 11.5 Å². The summed E-state index contributed by atoms with van der Waals surface area (Å²) in [5.74, 6) is -1.60. The van der Waals surface area contributed by atoms with Gasteiger partial charge in [0.15, 0.2) is 5.75 Å². The Morgan fingerprint density at radius 2 is 1.93 bits per heavy atom. The number of amides is 1. The Hall–Kier alpha value is -1.62. The minimum atomic E-state index is -0.777. The van der Waals surface area contributed by atoms with Crippen molar-refractivity contribution in [1.82, 2.24) is 14.9 Å². The van der Waals surface area contributed by atoms with Crippen LogP contribution in [0.15, 0.2) is 41.3 Å². The summed E-state index contributed by atoms with van der Waals surface area (Å²) in [7, 11) is 1.48. The zero-order chi connectivity index (χ0) is 19.6. The van der Waals surface area contributed by atoms with Gasteiger partial charge >= 0.3 is 0 Å². The number of benzene rings is 1. The summed E-state index contributed by atoms with van der Waals surface area (Å²) < 4.78 is 14.3. The van der Waals surface area contributed by atoms with Gasteiger partial charge < -0.3 is 20.1 Å². The van der Waals surface area contributed by atoms with Gasteiger partial charge in [-0.2, -0.15) is 0 Å². The molecule has 0 bridgehead atoms. The first-order chi connectivity index (χ1) is 12.9. The molecular weight excluding hydrogens is 392 g/mol. The van der Waals surface area contributed by atoms with Crippen LogP contribution in [0.1, 0.15) is 21.5 Å². The third kappa shape index (κ3) is 4.68. The monoisotopic (exact) mass is 410 g/mol. The maximum atomic E-state index is 13.0. The van der Waals surface area contributed by atoms with E-state index in [2.05, 4.69) is 10.3 Å². The van der Waals surface area contributed by atoms with Gasteiger partial charge in [-0.25, -0.2) is 4.39 Å². The molecule has 141 valence electrons. The second-order valence-corrected chi connectivity index (χ2v) is 6.08. The number of carbonyl (C=O) groups is 1. The van der Waals surface area contributed by atoms with Gasteiger partial charge in [0.1, 0.15) is 16.9 Å². The van der Waals surface area contributed by atoms with Crippen LogP contribution in [-0.4, -0.2) is 90.2 Å². The smallest absolute Gasteiger partial charge is 0.267 e.